The van der Waals surface area contributed by atoms with Gasteiger partial charge in [-0.05, 0) is 19.1 Å². The Balaban J connectivity index is 2.40. The van der Waals surface area contributed by atoms with Crippen LogP contribution in [0.5, 0.6) is 5.75 Å². The quantitative estimate of drug-likeness (QED) is 0.649. The van der Waals surface area contributed by atoms with Gasteiger partial charge in [0.1, 0.15) is 5.75 Å². The van der Waals surface area contributed by atoms with Gasteiger partial charge in [-0.15, -0.1) is 0 Å². The molecule has 5 nitrogen and oxygen atoms in total. The Hall–Kier alpha value is -1.59. The summed E-state index contributed by atoms with van der Waals surface area (Å²) in [5.74, 6) is 0.205. The average molecular weight is 239 g/mol. The van der Waals surface area contributed by atoms with E-state index in [1.807, 2.05) is 6.07 Å². The zero-order valence-electron chi connectivity index (χ0n) is 9.72. The molecule has 0 spiro atoms. The molecule has 0 bridgehead atoms. The summed E-state index contributed by atoms with van der Waals surface area (Å²) in [7, 11) is 0. The molecule has 17 heavy (non-hydrogen) atoms. The smallest absolute Gasteiger partial charge is 0.258 e. The van der Waals surface area contributed by atoms with Crippen molar-refractivity contribution in [1.29, 1.82) is 0 Å². The number of aliphatic hydroxyl groups is 2. The van der Waals surface area contributed by atoms with Crippen molar-refractivity contribution in [3.63, 3.8) is 0 Å². The second-order valence-corrected chi connectivity index (χ2v) is 4.03. The molecular formula is C12H17NO4. The van der Waals surface area contributed by atoms with Crippen molar-refractivity contribution in [2.24, 2.45) is 0 Å². The third-order valence-corrected chi connectivity index (χ3v) is 2.25. The zero-order valence-corrected chi connectivity index (χ0v) is 9.72. The van der Waals surface area contributed by atoms with E-state index in [0.717, 1.165) is 0 Å². The first kappa shape index (κ1) is 13.5. The first-order valence-electron chi connectivity index (χ1n) is 5.30. The van der Waals surface area contributed by atoms with E-state index in [-0.39, 0.29) is 25.7 Å². The van der Waals surface area contributed by atoms with E-state index in [0.29, 0.717) is 5.75 Å². The van der Waals surface area contributed by atoms with Gasteiger partial charge < -0.3 is 20.3 Å². The monoisotopic (exact) mass is 239 g/mol. The number of ether oxygens (including phenoxy) is 1. The molecule has 0 aliphatic heterocycles. The lowest BCUT2D eigenvalue weighted by atomic mass is 10.1. The van der Waals surface area contributed by atoms with Crippen LogP contribution in [0, 0.1) is 0 Å². The predicted molar refractivity (Wildman–Crippen MR) is 62.7 cm³/mol. The average Bonchev–Trinajstić information content (AvgIpc) is 2.37. The summed E-state index contributed by atoms with van der Waals surface area (Å²) in [4.78, 5) is 11.5. The second kappa shape index (κ2) is 6.22. The van der Waals surface area contributed by atoms with E-state index in [2.05, 4.69) is 5.32 Å². The Labute approximate surface area is 100 Å². The number of rotatable bonds is 6. The highest BCUT2D eigenvalue weighted by Crippen LogP contribution is 2.08. The fraction of sp³-hybridized carbons (Fsp3) is 0.417. The van der Waals surface area contributed by atoms with Gasteiger partial charge >= 0.3 is 0 Å². The molecule has 5 heteroatoms. The van der Waals surface area contributed by atoms with Crippen molar-refractivity contribution in [1.82, 2.24) is 5.32 Å². The fourth-order valence-electron chi connectivity index (χ4n) is 1.17. The Kier molecular flexibility index (Phi) is 4.93. The molecular weight excluding hydrogens is 222 g/mol. The molecule has 0 aromatic heterocycles. The van der Waals surface area contributed by atoms with Crippen LogP contribution in [0.1, 0.15) is 6.92 Å². The first-order valence-corrected chi connectivity index (χ1v) is 5.30. The highest BCUT2D eigenvalue weighted by atomic mass is 16.5. The van der Waals surface area contributed by atoms with Gasteiger partial charge in [-0.2, -0.15) is 0 Å². The maximum atomic E-state index is 11.5. The molecule has 0 radical (unpaired) electrons. The van der Waals surface area contributed by atoms with Crippen molar-refractivity contribution >= 4 is 5.91 Å². The van der Waals surface area contributed by atoms with Crippen LogP contribution in [0.2, 0.25) is 0 Å². The highest BCUT2D eigenvalue weighted by molar-refractivity contribution is 5.78. The van der Waals surface area contributed by atoms with Gasteiger partial charge in [0.05, 0.1) is 18.8 Å². The van der Waals surface area contributed by atoms with Gasteiger partial charge in [0.2, 0.25) is 0 Å². The summed E-state index contributed by atoms with van der Waals surface area (Å²) < 4.78 is 5.23. The molecule has 3 N–H and O–H groups in total. The normalized spacial score (nSPS) is 11.0. The Morgan fingerprint density at radius 2 is 1.88 bits per heavy atom. The molecule has 1 aromatic rings. The van der Waals surface area contributed by atoms with Crippen LogP contribution in [-0.4, -0.2) is 41.5 Å². The maximum absolute atomic E-state index is 11.5. The zero-order chi connectivity index (χ0) is 12.7. The number of hydrogen-bond donors (Lipinski definition) is 3. The van der Waals surface area contributed by atoms with E-state index in [1.54, 1.807) is 31.2 Å². The standard InChI is InChI=1S/C12H17NO4/c1-12(8-14,9-15)13-11(16)7-17-10-5-3-2-4-6-10/h2-6,14-15H,7-9H2,1H3,(H,13,16). The van der Waals surface area contributed by atoms with Crippen LogP contribution >= 0.6 is 0 Å². The largest absolute Gasteiger partial charge is 0.484 e. The van der Waals surface area contributed by atoms with Gasteiger partial charge in [0, 0.05) is 0 Å². The summed E-state index contributed by atoms with van der Waals surface area (Å²) >= 11 is 0. The third kappa shape index (κ3) is 4.42. The van der Waals surface area contributed by atoms with Crippen LogP contribution in [0.25, 0.3) is 0 Å². The molecule has 1 aromatic carbocycles. The number of aliphatic hydroxyl groups excluding tert-OH is 2. The van der Waals surface area contributed by atoms with Crippen molar-refractivity contribution in [2.45, 2.75) is 12.5 Å². The van der Waals surface area contributed by atoms with Crippen LogP contribution in [-0.2, 0) is 4.79 Å². The van der Waals surface area contributed by atoms with Gasteiger partial charge in [-0.1, -0.05) is 18.2 Å². The Bertz CT molecular complexity index is 349. The minimum Gasteiger partial charge on any atom is -0.484 e. The number of para-hydroxylation sites is 1. The van der Waals surface area contributed by atoms with E-state index in [9.17, 15) is 4.79 Å². The van der Waals surface area contributed by atoms with Crippen molar-refractivity contribution in [2.75, 3.05) is 19.8 Å². The SMILES string of the molecule is CC(CO)(CO)NC(=O)COc1ccccc1. The highest BCUT2D eigenvalue weighted by Gasteiger charge is 2.24. The van der Waals surface area contributed by atoms with E-state index < -0.39 is 5.54 Å². The number of nitrogens with one attached hydrogen (secondary N) is 1. The topological polar surface area (TPSA) is 78.8 Å². The minimum absolute atomic E-state index is 0.153. The van der Waals surface area contributed by atoms with Gasteiger partial charge in [-0.25, -0.2) is 0 Å². The fourth-order valence-corrected chi connectivity index (χ4v) is 1.17. The van der Waals surface area contributed by atoms with E-state index in [4.69, 9.17) is 14.9 Å². The van der Waals surface area contributed by atoms with Crippen molar-refractivity contribution in [3.8, 4) is 5.75 Å². The van der Waals surface area contributed by atoms with Gasteiger partial charge in [0.15, 0.2) is 6.61 Å². The molecule has 0 saturated heterocycles. The van der Waals surface area contributed by atoms with Crippen LogP contribution in [0.4, 0.5) is 0 Å². The second-order valence-electron chi connectivity index (χ2n) is 4.03. The summed E-state index contributed by atoms with van der Waals surface area (Å²) in [6.45, 7) is 0.730. The molecule has 0 atom stereocenters. The number of benzene rings is 1. The molecule has 0 aliphatic rings. The lowest BCUT2D eigenvalue weighted by Gasteiger charge is -2.26. The lowest BCUT2D eigenvalue weighted by Crippen LogP contribution is -2.53. The van der Waals surface area contributed by atoms with E-state index in [1.165, 1.54) is 0 Å². The molecule has 0 aliphatic carbocycles. The summed E-state index contributed by atoms with van der Waals surface area (Å²) in [5, 5.41) is 20.5. The van der Waals surface area contributed by atoms with Crippen molar-refractivity contribution < 1.29 is 19.7 Å². The Morgan fingerprint density at radius 3 is 2.41 bits per heavy atom. The maximum Gasteiger partial charge on any atom is 0.258 e. The Morgan fingerprint density at radius 1 is 1.29 bits per heavy atom. The lowest BCUT2D eigenvalue weighted by molar-refractivity contribution is -0.126. The molecule has 1 amide bonds. The summed E-state index contributed by atoms with van der Waals surface area (Å²) in [5.41, 5.74) is -1.02. The minimum atomic E-state index is -1.02. The molecule has 0 heterocycles. The number of carbonyl (C=O) groups excluding carboxylic acids is 1. The molecule has 1 rings (SSSR count). The molecule has 94 valence electrons. The molecule has 0 fully saturated rings. The van der Waals surface area contributed by atoms with Crippen LogP contribution in [0.15, 0.2) is 30.3 Å². The van der Waals surface area contributed by atoms with Crippen LogP contribution < -0.4 is 10.1 Å². The molecule has 0 saturated carbocycles. The van der Waals surface area contributed by atoms with Gasteiger partial charge in [-0.3, -0.25) is 4.79 Å². The first-order chi connectivity index (χ1) is 8.09. The molecule has 0 unspecified atom stereocenters. The number of carbonyl (C=O) groups is 1. The van der Waals surface area contributed by atoms with Crippen LogP contribution in [0.3, 0.4) is 0 Å². The number of amides is 1. The summed E-state index contributed by atoms with van der Waals surface area (Å²) in [6.07, 6.45) is 0. The summed E-state index contributed by atoms with van der Waals surface area (Å²) in [6, 6.07) is 8.94. The predicted octanol–water partition coefficient (Wildman–Crippen LogP) is -0.0751. The van der Waals surface area contributed by atoms with Gasteiger partial charge in [0.25, 0.3) is 5.91 Å². The van der Waals surface area contributed by atoms with E-state index >= 15 is 0 Å². The van der Waals surface area contributed by atoms with Crippen molar-refractivity contribution in [3.05, 3.63) is 30.3 Å². The third-order valence-electron chi connectivity index (χ3n) is 2.25. The number of hydrogen-bond acceptors (Lipinski definition) is 4.